The van der Waals surface area contributed by atoms with E-state index in [9.17, 15) is 10.2 Å². The molecule has 0 saturated heterocycles. The number of hydrogen-bond donors (Lipinski definition) is 2. The summed E-state index contributed by atoms with van der Waals surface area (Å²) in [7, 11) is 0. The van der Waals surface area contributed by atoms with E-state index in [-0.39, 0.29) is 33.2 Å². The second-order valence-electron chi connectivity index (χ2n) is 17.7. The summed E-state index contributed by atoms with van der Waals surface area (Å²) in [5, 5.41) is 35.8. The van der Waals surface area contributed by atoms with Crippen molar-refractivity contribution in [1.29, 1.82) is 0 Å². The van der Waals surface area contributed by atoms with Crippen LogP contribution in [0.5, 0.6) is 11.5 Å². The molecule has 0 aliphatic carbocycles. The van der Waals surface area contributed by atoms with Crippen molar-refractivity contribution in [3.8, 4) is 22.9 Å². The Morgan fingerprint density at radius 1 is 0.531 bits per heavy atom. The topological polar surface area (TPSA) is 76.1 Å². The van der Waals surface area contributed by atoms with Crippen LogP contribution in [-0.4, -0.2) is 29.8 Å². The van der Waals surface area contributed by atoms with E-state index < -0.39 is 0 Å². The normalized spacial score (nSPS) is 13.1. The van der Waals surface area contributed by atoms with Crippen molar-refractivity contribution in [3.63, 3.8) is 0 Å². The molecule has 4 aromatic carbocycles. The maximum absolute atomic E-state index is 12.0. The summed E-state index contributed by atoms with van der Waals surface area (Å²) >= 11 is 0. The quantitative estimate of drug-likeness (QED) is 0.171. The molecule has 0 radical (unpaired) electrons. The number of phenols is 2. The molecule has 2 aromatic heterocycles. The van der Waals surface area contributed by atoms with E-state index in [2.05, 4.69) is 93.5 Å². The van der Waals surface area contributed by atoms with Gasteiger partial charge in [0.15, 0.2) is 0 Å². The minimum absolute atomic E-state index is 0.0928. The van der Waals surface area contributed by atoms with Crippen LogP contribution in [0.2, 0.25) is 0 Å². The number of hydrogen-bond acceptors (Lipinski definition) is 4. The fraction of sp³-hybridized carbons (Fsp3) is 0.395. The lowest BCUT2D eigenvalue weighted by atomic mass is 9.71. The lowest BCUT2D eigenvalue weighted by molar-refractivity contribution is 0.283. The molecule has 2 heterocycles. The summed E-state index contributed by atoms with van der Waals surface area (Å²) in [6.07, 6.45) is 6.18. The molecule has 0 unspecified atom stereocenters. The molecule has 2 N–H and O–H groups in total. The maximum atomic E-state index is 12.0. The molecule has 6 rings (SSSR count). The molecule has 0 aliphatic heterocycles. The van der Waals surface area contributed by atoms with E-state index in [4.69, 9.17) is 10.2 Å². The van der Waals surface area contributed by atoms with Gasteiger partial charge in [0, 0.05) is 40.7 Å². The highest BCUT2D eigenvalue weighted by molar-refractivity contribution is 5.79. The number of fused-ring (bicyclic) bond motifs is 2. The zero-order valence-corrected chi connectivity index (χ0v) is 30.9. The van der Waals surface area contributed by atoms with Gasteiger partial charge in [0.1, 0.15) is 22.9 Å². The zero-order chi connectivity index (χ0) is 35.5. The molecule has 0 saturated carbocycles. The molecular formula is C43H52N4O2. The fourth-order valence-corrected chi connectivity index (χ4v) is 7.99. The van der Waals surface area contributed by atoms with Gasteiger partial charge in [-0.2, -0.15) is 10.2 Å². The molecule has 0 spiro atoms. The van der Waals surface area contributed by atoms with Crippen molar-refractivity contribution in [1.82, 2.24) is 19.6 Å². The number of phenolic OH excluding ortho intramolecular Hbond substituents is 2. The lowest BCUT2D eigenvalue weighted by Gasteiger charge is -2.34. The second-order valence-corrected chi connectivity index (χ2v) is 17.7. The van der Waals surface area contributed by atoms with Crippen LogP contribution in [-0.2, 0) is 17.3 Å². The van der Waals surface area contributed by atoms with Crippen molar-refractivity contribution < 1.29 is 10.2 Å². The lowest BCUT2D eigenvalue weighted by Crippen LogP contribution is -2.25. The van der Waals surface area contributed by atoms with Crippen LogP contribution in [0, 0.1) is 10.8 Å². The summed E-state index contributed by atoms with van der Waals surface area (Å²) in [6.45, 7) is 22.7. The largest absolute Gasteiger partial charge is 0.505 e. The van der Waals surface area contributed by atoms with Gasteiger partial charge < -0.3 is 10.2 Å². The van der Waals surface area contributed by atoms with E-state index in [1.54, 1.807) is 9.36 Å². The highest BCUT2D eigenvalue weighted by atomic mass is 16.3. The highest BCUT2D eigenvalue weighted by Crippen LogP contribution is 2.44. The Kier molecular flexibility index (Phi) is 8.45. The molecule has 0 fully saturated rings. The van der Waals surface area contributed by atoms with Gasteiger partial charge in [-0.15, -0.1) is 0 Å². The average Bonchev–Trinajstić information content (AvgIpc) is 3.61. The monoisotopic (exact) mass is 656 g/mol. The summed E-state index contributed by atoms with van der Waals surface area (Å²) in [6, 6.07) is 24.4. The Labute approximate surface area is 291 Å². The van der Waals surface area contributed by atoms with Crippen molar-refractivity contribution >= 4 is 21.8 Å². The van der Waals surface area contributed by atoms with Gasteiger partial charge in [0.2, 0.25) is 0 Å². The maximum Gasteiger partial charge on any atom is 0.144 e. The standard InChI is InChI=1S/C43H52N4O2/c1-40(2,3)26-42(7,8)32-20-30(38(48)36(22-32)46-24-28-15-11-13-17-34(28)44-46)19-31-21-33(43(9,10)27-41(4,5)6)23-37(39(31)49)47-25-29-16-12-14-18-35(29)45-47/h11-18,20-25,48-49H,19,26-27H2,1-10H3. The van der Waals surface area contributed by atoms with Crippen LogP contribution >= 0.6 is 0 Å². The highest BCUT2D eigenvalue weighted by Gasteiger charge is 2.32. The summed E-state index contributed by atoms with van der Waals surface area (Å²) in [5.41, 5.74) is 6.52. The van der Waals surface area contributed by atoms with Gasteiger partial charge in [-0.3, -0.25) is 0 Å². The Morgan fingerprint density at radius 3 is 1.24 bits per heavy atom. The average molecular weight is 657 g/mol. The van der Waals surface area contributed by atoms with Gasteiger partial charge in [0.25, 0.3) is 0 Å². The molecular weight excluding hydrogens is 604 g/mol. The van der Waals surface area contributed by atoms with E-state index in [0.29, 0.717) is 17.8 Å². The van der Waals surface area contributed by atoms with Crippen LogP contribution in [0.1, 0.15) is 104 Å². The van der Waals surface area contributed by atoms with E-state index >= 15 is 0 Å². The first-order valence-electron chi connectivity index (χ1n) is 17.4. The summed E-state index contributed by atoms with van der Waals surface area (Å²) in [4.78, 5) is 0. The van der Waals surface area contributed by atoms with E-state index in [1.165, 1.54) is 0 Å². The number of aromatic hydroxyl groups is 2. The predicted molar refractivity (Wildman–Crippen MR) is 202 cm³/mol. The van der Waals surface area contributed by atoms with Crippen LogP contribution in [0.25, 0.3) is 33.2 Å². The predicted octanol–water partition coefficient (Wildman–Crippen LogP) is 10.8. The van der Waals surface area contributed by atoms with Gasteiger partial charge in [-0.25, -0.2) is 9.36 Å². The second kappa shape index (κ2) is 12.1. The van der Waals surface area contributed by atoms with Gasteiger partial charge in [-0.05, 0) is 69.9 Å². The van der Waals surface area contributed by atoms with Crippen LogP contribution in [0.3, 0.4) is 0 Å². The van der Waals surface area contributed by atoms with Crippen molar-refractivity contribution in [3.05, 3.63) is 107 Å². The fourth-order valence-electron chi connectivity index (χ4n) is 7.99. The Hall–Kier alpha value is -4.58. The van der Waals surface area contributed by atoms with Crippen LogP contribution in [0.4, 0.5) is 0 Å². The van der Waals surface area contributed by atoms with Crippen LogP contribution in [0.15, 0.2) is 85.2 Å². The van der Waals surface area contributed by atoms with Crippen molar-refractivity contribution in [2.75, 3.05) is 0 Å². The smallest absolute Gasteiger partial charge is 0.144 e. The first-order valence-corrected chi connectivity index (χ1v) is 17.4. The molecule has 256 valence electrons. The minimum atomic E-state index is -0.194. The van der Waals surface area contributed by atoms with E-state index in [1.807, 2.05) is 60.9 Å². The zero-order valence-electron chi connectivity index (χ0n) is 30.9. The molecule has 0 atom stereocenters. The summed E-state index contributed by atoms with van der Waals surface area (Å²) in [5.74, 6) is 0.321. The van der Waals surface area contributed by atoms with Crippen molar-refractivity contribution in [2.24, 2.45) is 10.8 Å². The van der Waals surface area contributed by atoms with Gasteiger partial charge in [0.05, 0.1) is 11.0 Å². The minimum Gasteiger partial charge on any atom is -0.505 e. The Balaban J connectivity index is 1.55. The Morgan fingerprint density at radius 2 is 0.898 bits per heavy atom. The Bertz CT molecular complexity index is 1930. The molecule has 0 amide bonds. The molecule has 49 heavy (non-hydrogen) atoms. The SMILES string of the molecule is CC(C)(C)CC(C)(C)c1cc(Cc2cc(C(C)(C)CC(C)(C)C)cc(-n3cc4ccccc4n3)c2O)c(O)c(-n2cc3ccccc3n2)c1. The third-order valence-electron chi connectivity index (χ3n) is 9.55. The van der Waals surface area contributed by atoms with Crippen molar-refractivity contribution in [2.45, 2.75) is 99.3 Å². The third kappa shape index (κ3) is 7.24. The van der Waals surface area contributed by atoms with Crippen LogP contribution < -0.4 is 0 Å². The summed E-state index contributed by atoms with van der Waals surface area (Å²) < 4.78 is 3.59. The third-order valence-corrected chi connectivity index (χ3v) is 9.55. The van der Waals surface area contributed by atoms with Gasteiger partial charge >= 0.3 is 0 Å². The molecule has 0 bridgehead atoms. The van der Waals surface area contributed by atoms with Gasteiger partial charge in [-0.1, -0.05) is 118 Å². The molecule has 6 nitrogen and oxygen atoms in total. The molecule has 6 aromatic rings. The molecule has 0 aliphatic rings. The number of rotatable bonds is 8. The number of nitrogens with zero attached hydrogens (tertiary/aromatic N) is 4. The number of benzene rings is 4. The number of aromatic nitrogens is 4. The first-order chi connectivity index (χ1) is 22.8. The molecule has 6 heteroatoms. The van der Waals surface area contributed by atoms with E-state index in [0.717, 1.165) is 56.9 Å². The first kappa shape index (κ1) is 34.3.